The fourth-order valence-electron chi connectivity index (χ4n) is 1.97. The molecule has 0 fully saturated rings. The van der Waals surface area contributed by atoms with Crippen LogP contribution in [0.25, 0.3) is 0 Å². The van der Waals surface area contributed by atoms with Crippen molar-refractivity contribution < 1.29 is 4.79 Å². The maximum Gasteiger partial charge on any atom is 0.156 e. The number of aryl methyl sites for hydroxylation is 2. The van der Waals surface area contributed by atoms with Crippen molar-refractivity contribution in [3.8, 4) is 0 Å². The molecule has 2 aromatic rings. The molecule has 0 unspecified atom stereocenters. The third-order valence-electron chi connectivity index (χ3n) is 3.01. The van der Waals surface area contributed by atoms with Crippen molar-refractivity contribution in [1.29, 1.82) is 0 Å². The number of aldehydes is 1. The summed E-state index contributed by atoms with van der Waals surface area (Å²) >= 11 is 5.99. The van der Waals surface area contributed by atoms with Crippen LogP contribution in [0.2, 0.25) is 5.15 Å². The van der Waals surface area contributed by atoms with Gasteiger partial charge in [-0.1, -0.05) is 41.4 Å². The van der Waals surface area contributed by atoms with Gasteiger partial charge in [-0.2, -0.15) is 0 Å². The second kappa shape index (κ2) is 6.01. The summed E-state index contributed by atoms with van der Waals surface area (Å²) in [5.41, 5.74) is 2.68. The molecule has 0 bridgehead atoms. The van der Waals surface area contributed by atoms with E-state index in [0.29, 0.717) is 30.0 Å². The Morgan fingerprint density at radius 2 is 1.85 bits per heavy atom. The average molecular weight is 290 g/mol. The van der Waals surface area contributed by atoms with Crippen molar-refractivity contribution in [2.75, 3.05) is 11.9 Å². The minimum Gasteiger partial charge on any atom is -0.355 e. The zero-order chi connectivity index (χ0) is 14.7. The normalized spacial score (nSPS) is 10.4. The molecule has 0 aliphatic heterocycles. The standard InChI is InChI=1S/C15H16ClN3O/c1-10-4-6-12(7-5-10)8-19(3)15-13(9-20)14(16)17-11(2)18-15/h4-7,9H,8H2,1-3H3. The highest BCUT2D eigenvalue weighted by molar-refractivity contribution is 6.32. The number of carbonyl (C=O) groups excluding carboxylic acids is 1. The summed E-state index contributed by atoms with van der Waals surface area (Å²) in [6.45, 7) is 4.45. The van der Waals surface area contributed by atoms with Crippen LogP contribution in [0.4, 0.5) is 5.82 Å². The van der Waals surface area contributed by atoms with Crippen molar-refractivity contribution in [2.24, 2.45) is 0 Å². The number of carbonyl (C=O) groups is 1. The minimum absolute atomic E-state index is 0.193. The third kappa shape index (κ3) is 3.14. The molecule has 0 saturated heterocycles. The van der Waals surface area contributed by atoms with Gasteiger partial charge in [0.05, 0.1) is 5.56 Å². The molecule has 0 aliphatic carbocycles. The quantitative estimate of drug-likeness (QED) is 0.640. The highest BCUT2D eigenvalue weighted by atomic mass is 35.5. The second-order valence-corrected chi connectivity index (χ2v) is 5.12. The Hall–Kier alpha value is -1.94. The first-order chi connectivity index (χ1) is 9.51. The van der Waals surface area contributed by atoms with Crippen LogP contribution in [0.3, 0.4) is 0 Å². The number of benzene rings is 1. The molecule has 0 radical (unpaired) electrons. The SMILES string of the molecule is Cc1ccc(CN(C)c2nc(C)nc(Cl)c2C=O)cc1. The first-order valence-corrected chi connectivity index (χ1v) is 6.65. The molecule has 2 rings (SSSR count). The van der Waals surface area contributed by atoms with Crippen molar-refractivity contribution in [3.63, 3.8) is 0 Å². The van der Waals surface area contributed by atoms with Crippen LogP contribution >= 0.6 is 11.6 Å². The van der Waals surface area contributed by atoms with Gasteiger partial charge in [-0.15, -0.1) is 0 Å². The number of anilines is 1. The molecule has 0 saturated carbocycles. The predicted molar refractivity (Wildman–Crippen MR) is 80.5 cm³/mol. The molecule has 0 spiro atoms. The van der Waals surface area contributed by atoms with E-state index < -0.39 is 0 Å². The second-order valence-electron chi connectivity index (χ2n) is 4.76. The van der Waals surface area contributed by atoms with Crippen molar-refractivity contribution in [1.82, 2.24) is 9.97 Å². The molecule has 0 atom stereocenters. The van der Waals surface area contributed by atoms with Gasteiger partial charge in [-0.25, -0.2) is 9.97 Å². The molecule has 20 heavy (non-hydrogen) atoms. The summed E-state index contributed by atoms with van der Waals surface area (Å²) in [6, 6.07) is 8.23. The van der Waals surface area contributed by atoms with Crippen LogP contribution in [0.5, 0.6) is 0 Å². The van der Waals surface area contributed by atoms with E-state index >= 15 is 0 Å². The Morgan fingerprint density at radius 1 is 1.20 bits per heavy atom. The summed E-state index contributed by atoms with van der Waals surface area (Å²) in [5.74, 6) is 1.10. The van der Waals surface area contributed by atoms with Gasteiger partial charge in [0.1, 0.15) is 16.8 Å². The molecule has 1 aromatic carbocycles. The molecule has 104 valence electrons. The predicted octanol–water partition coefficient (Wildman–Crippen LogP) is 3.20. The molecular weight excluding hydrogens is 274 g/mol. The smallest absolute Gasteiger partial charge is 0.156 e. The molecule has 1 aromatic heterocycles. The van der Waals surface area contributed by atoms with E-state index in [0.717, 1.165) is 5.56 Å². The Balaban J connectivity index is 2.31. The topological polar surface area (TPSA) is 46.1 Å². The lowest BCUT2D eigenvalue weighted by atomic mass is 10.1. The maximum atomic E-state index is 11.2. The number of aromatic nitrogens is 2. The molecule has 1 heterocycles. The Morgan fingerprint density at radius 3 is 2.45 bits per heavy atom. The van der Waals surface area contributed by atoms with E-state index in [1.54, 1.807) is 6.92 Å². The Labute approximate surface area is 123 Å². The van der Waals surface area contributed by atoms with Gasteiger partial charge in [0.2, 0.25) is 0 Å². The van der Waals surface area contributed by atoms with Gasteiger partial charge in [0.25, 0.3) is 0 Å². The van der Waals surface area contributed by atoms with Crippen LogP contribution in [0, 0.1) is 13.8 Å². The van der Waals surface area contributed by atoms with E-state index in [4.69, 9.17) is 11.6 Å². The highest BCUT2D eigenvalue weighted by Gasteiger charge is 2.15. The highest BCUT2D eigenvalue weighted by Crippen LogP contribution is 2.23. The van der Waals surface area contributed by atoms with Gasteiger partial charge < -0.3 is 4.90 Å². The summed E-state index contributed by atoms with van der Waals surface area (Å²) in [7, 11) is 1.88. The lowest BCUT2D eigenvalue weighted by Crippen LogP contribution is -2.20. The van der Waals surface area contributed by atoms with Crippen molar-refractivity contribution in [2.45, 2.75) is 20.4 Å². The van der Waals surface area contributed by atoms with E-state index in [2.05, 4.69) is 34.2 Å². The zero-order valence-corrected chi connectivity index (χ0v) is 12.5. The van der Waals surface area contributed by atoms with Gasteiger partial charge in [0, 0.05) is 13.6 Å². The van der Waals surface area contributed by atoms with Gasteiger partial charge >= 0.3 is 0 Å². The molecular formula is C15H16ClN3O. The third-order valence-corrected chi connectivity index (χ3v) is 3.30. The van der Waals surface area contributed by atoms with E-state index in [1.165, 1.54) is 5.56 Å². The molecule has 0 aliphatic rings. The summed E-state index contributed by atoms with van der Waals surface area (Å²) in [5, 5.41) is 0.193. The van der Waals surface area contributed by atoms with Crippen LogP contribution in [-0.2, 0) is 6.54 Å². The zero-order valence-electron chi connectivity index (χ0n) is 11.7. The summed E-state index contributed by atoms with van der Waals surface area (Å²) < 4.78 is 0. The lowest BCUT2D eigenvalue weighted by Gasteiger charge is -2.20. The van der Waals surface area contributed by atoms with Crippen LogP contribution in [0.1, 0.15) is 27.3 Å². The molecule has 4 nitrogen and oxygen atoms in total. The number of rotatable bonds is 4. The van der Waals surface area contributed by atoms with Crippen LogP contribution in [-0.4, -0.2) is 23.3 Å². The van der Waals surface area contributed by atoms with Crippen LogP contribution in [0.15, 0.2) is 24.3 Å². The fraction of sp³-hybridized carbons (Fsp3) is 0.267. The van der Waals surface area contributed by atoms with Gasteiger partial charge in [-0.3, -0.25) is 4.79 Å². The largest absolute Gasteiger partial charge is 0.355 e. The van der Waals surface area contributed by atoms with Gasteiger partial charge in [-0.05, 0) is 19.4 Å². The summed E-state index contributed by atoms with van der Waals surface area (Å²) in [4.78, 5) is 21.4. The van der Waals surface area contributed by atoms with E-state index in [9.17, 15) is 4.79 Å². The first-order valence-electron chi connectivity index (χ1n) is 6.27. The molecule has 5 heteroatoms. The number of hydrogen-bond acceptors (Lipinski definition) is 4. The minimum atomic E-state index is 0.193. The average Bonchev–Trinajstić information content (AvgIpc) is 2.40. The molecule has 0 amide bonds. The van der Waals surface area contributed by atoms with Gasteiger partial charge in [0.15, 0.2) is 6.29 Å². The van der Waals surface area contributed by atoms with Crippen molar-refractivity contribution in [3.05, 3.63) is 51.9 Å². The first kappa shape index (κ1) is 14.5. The van der Waals surface area contributed by atoms with E-state index in [1.807, 2.05) is 18.9 Å². The number of hydrogen-bond donors (Lipinski definition) is 0. The van der Waals surface area contributed by atoms with Crippen LogP contribution < -0.4 is 4.90 Å². The lowest BCUT2D eigenvalue weighted by molar-refractivity contribution is 0.112. The monoisotopic (exact) mass is 289 g/mol. The Kier molecular flexibility index (Phi) is 4.35. The maximum absolute atomic E-state index is 11.2. The van der Waals surface area contributed by atoms with E-state index in [-0.39, 0.29) is 5.15 Å². The summed E-state index contributed by atoms with van der Waals surface area (Å²) in [6.07, 6.45) is 0.697. The number of nitrogens with zero attached hydrogens (tertiary/aromatic N) is 3. The fourth-order valence-corrected chi connectivity index (χ4v) is 2.22. The number of halogens is 1. The molecule has 0 N–H and O–H groups in total. The Bertz CT molecular complexity index is 626. The van der Waals surface area contributed by atoms with Crippen molar-refractivity contribution >= 4 is 23.7 Å².